The normalized spacial score (nSPS) is 32.3. The van der Waals surface area contributed by atoms with Gasteiger partial charge in [0.1, 0.15) is 0 Å². The second-order valence-corrected chi connectivity index (χ2v) is 7.31. The van der Waals surface area contributed by atoms with Gasteiger partial charge in [0.2, 0.25) is 0 Å². The van der Waals surface area contributed by atoms with E-state index in [2.05, 4.69) is 48.0 Å². The van der Waals surface area contributed by atoms with Gasteiger partial charge in [0.05, 0.1) is 0 Å². The number of alkyl halides is 1. The Balaban J connectivity index is 1.67. The Morgan fingerprint density at radius 2 is 1.88 bits per heavy atom. The van der Waals surface area contributed by atoms with Gasteiger partial charge in [-0.3, -0.25) is 0 Å². The van der Waals surface area contributed by atoms with E-state index in [1.807, 2.05) is 0 Å². The molecule has 2 fully saturated rings. The first-order valence-electron chi connectivity index (χ1n) is 6.83. The topological polar surface area (TPSA) is 0 Å². The van der Waals surface area contributed by atoms with Crippen LogP contribution in [0.2, 0.25) is 0 Å². The third kappa shape index (κ3) is 2.45. The molecule has 3 unspecified atom stereocenters. The number of benzene rings is 1. The molecule has 0 saturated heterocycles. The quantitative estimate of drug-likeness (QED) is 0.711. The van der Waals surface area contributed by atoms with Gasteiger partial charge in [0.25, 0.3) is 0 Å². The number of halogens is 1. The Morgan fingerprint density at radius 3 is 2.59 bits per heavy atom. The summed E-state index contributed by atoms with van der Waals surface area (Å²) in [6.45, 7) is 4.43. The summed E-state index contributed by atoms with van der Waals surface area (Å²) in [6.07, 6.45) is 5.69. The zero-order valence-electron chi connectivity index (χ0n) is 10.7. The van der Waals surface area contributed by atoms with Gasteiger partial charge >= 0.3 is 0 Å². The summed E-state index contributed by atoms with van der Waals surface area (Å²) in [6, 6.07) is 6.84. The lowest BCUT2D eigenvalue weighted by molar-refractivity contribution is 0.470. The molecule has 1 aromatic rings. The lowest BCUT2D eigenvalue weighted by Gasteiger charge is -2.20. The molecule has 92 valence electrons. The van der Waals surface area contributed by atoms with E-state index in [9.17, 15) is 0 Å². The molecule has 0 bridgehead atoms. The molecule has 0 amide bonds. The molecule has 2 saturated carbocycles. The maximum Gasteiger partial charge on any atom is 0.0214 e. The van der Waals surface area contributed by atoms with Crippen LogP contribution < -0.4 is 0 Å². The fourth-order valence-corrected chi connectivity index (χ4v) is 4.23. The molecule has 2 aliphatic carbocycles. The molecule has 0 radical (unpaired) electrons. The Morgan fingerprint density at radius 1 is 1.18 bits per heavy atom. The van der Waals surface area contributed by atoms with Crippen LogP contribution >= 0.6 is 15.9 Å². The van der Waals surface area contributed by atoms with Crippen molar-refractivity contribution in [3.05, 3.63) is 34.9 Å². The monoisotopic (exact) mass is 292 g/mol. The lowest BCUT2D eigenvalue weighted by Crippen LogP contribution is -2.16. The highest BCUT2D eigenvalue weighted by Gasteiger charge is 2.47. The highest BCUT2D eigenvalue weighted by molar-refractivity contribution is 9.09. The maximum atomic E-state index is 3.95. The highest BCUT2D eigenvalue weighted by Crippen LogP contribution is 2.56. The maximum absolute atomic E-state index is 3.95. The molecule has 0 nitrogen and oxygen atoms in total. The summed E-state index contributed by atoms with van der Waals surface area (Å²) >= 11 is 3.95. The Hall–Kier alpha value is -0.300. The molecule has 0 N–H and O–H groups in total. The largest absolute Gasteiger partial charge is 0.0884 e. The van der Waals surface area contributed by atoms with Crippen molar-refractivity contribution in [3.8, 4) is 0 Å². The van der Waals surface area contributed by atoms with Gasteiger partial charge in [0, 0.05) is 4.83 Å². The van der Waals surface area contributed by atoms with Crippen molar-refractivity contribution in [1.29, 1.82) is 0 Å². The van der Waals surface area contributed by atoms with Gasteiger partial charge in [-0.05, 0) is 68.4 Å². The first-order valence-corrected chi connectivity index (χ1v) is 7.75. The molecule has 0 aromatic heterocycles. The van der Waals surface area contributed by atoms with Crippen molar-refractivity contribution in [1.82, 2.24) is 0 Å². The number of hydrogen-bond acceptors (Lipinski definition) is 0. The standard InChI is InChI=1S/C16H21Br/c1-10-3-4-11(2)12(5-10)9-16(17)15-7-13-6-14(13)8-15/h3-5,13-16H,6-9H2,1-2H3. The molecular formula is C16H21Br. The van der Waals surface area contributed by atoms with Crippen LogP contribution in [-0.4, -0.2) is 4.83 Å². The average molecular weight is 293 g/mol. The summed E-state index contributed by atoms with van der Waals surface area (Å²) in [5.41, 5.74) is 4.37. The van der Waals surface area contributed by atoms with E-state index in [-0.39, 0.29) is 0 Å². The van der Waals surface area contributed by atoms with Crippen LogP contribution in [0.25, 0.3) is 0 Å². The van der Waals surface area contributed by atoms with Crippen LogP contribution in [0.5, 0.6) is 0 Å². The summed E-state index contributed by atoms with van der Waals surface area (Å²) < 4.78 is 0. The fraction of sp³-hybridized carbons (Fsp3) is 0.625. The van der Waals surface area contributed by atoms with E-state index in [1.165, 1.54) is 42.4 Å². The van der Waals surface area contributed by atoms with Gasteiger partial charge in [-0.1, -0.05) is 39.7 Å². The molecule has 0 spiro atoms. The van der Waals surface area contributed by atoms with Crippen molar-refractivity contribution in [2.75, 3.05) is 0 Å². The summed E-state index contributed by atoms with van der Waals surface area (Å²) in [4.78, 5) is 0.691. The first-order chi connectivity index (χ1) is 8.13. The minimum atomic E-state index is 0.691. The smallest absolute Gasteiger partial charge is 0.0214 e. The molecule has 3 atom stereocenters. The number of rotatable bonds is 3. The number of aryl methyl sites for hydroxylation is 2. The van der Waals surface area contributed by atoms with Gasteiger partial charge in [-0.25, -0.2) is 0 Å². The second kappa shape index (κ2) is 4.42. The number of fused-ring (bicyclic) bond motifs is 1. The minimum Gasteiger partial charge on any atom is -0.0884 e. The van der Waals surface area contributed by atoms with Gasteiger partial charge in [-0.2, -0.15) is 0 Å². The minimum absolute atomic E-state index is 0.691. The van der Waals surface area contributed by atoms with E-state index in [0.717, 1.165) is 17.8 Å². The second-order valence-electron chi connectivity index (χ2n) is 6.14. The van der Waals surface area contributed by atoms with Crippen LogP contribution in [0.15, 0.2) is 18.2 Å². The molecule has 17 heavy (non-hydrogen) atoms. The van der Waals surface area contributed by atoms with Gasteiger partial charge in [0.15, 0.2) is 0 Å². The van der Waals surface area contributed by atoms with E-state index >= 15 is 0 Å². The van der Waals surface area contributed by atoms with E-state index < -0.39 is 0 Å². The zero-order chi connectivity index (χ0) is 12.0. The van der Waals surface area contributed by atoms with Crippen LogP contribution in [0, 0.1) is 31.6 Å². The van der Waals surface area contributed by atoms with Gasteiger partial charge in [-0.15, -0.1) is 0 Å². The Kier molecular flexibility index (Phi) is 3.06. The third-order valence-corrected chi connectivity index (χ3v) is 5.78. The SMILES string of the molecule is Cc1ccc(C)c(CC(Br)C2CC3CC3C2)c1. The van der Waals surface area contributed by atoms with Crippen LogP contribution in [-0.2, 0) is 6.42 Å². The summed E-state index contributed by atoms with van der Waals surface area (Å²) in [5.74, 6) is 3.12. The van der Waals surface area contributed by atoms with Crippen molar-refractivity contribution in [2.45, 2.75) is 44.4 Å². The zero-order valence-corrected chi connectivity index (χ0v) is 12.3. The van der Waals surface area contributed by atoms with Crippen LogP contribution in [0.4, 0.5) is 0 Å². The van der Waals surface area contributed by atoms with Crippen LogP contribution in [0.3, 0.4) is 0 Å². The molecule has 2 aliphatic rings. The molecule has 0 heterocycles. The lowest BCUT2D eigenvalue weighted by atomic mass is 9.93. The molecule has 0 aliphatic heterocycles. The van der Waals surface area contributed by atoms with E-state index in [0.29, 0.717) is 4.83 Å². The predicted molar refractivity (Wildman–Crippen MR) is 76.7 cm³/mol. The van der Waals surface area contributed by atoms with E-state index in [1.54, 1.807) is 0 Å². The van der Waals surface area contributed by atoms with Gasteiger partial charge < -0.3 is 0 Å². The summed E-state index contributed by atoms with van der Waals surface area (Å²) in [7, 11) is 0. The van der Waals surface area contributed by atoms with E-state index in [4.69, 9.17) is 0 Å². The van der Waals surface area contributed by atoms with Crippen molar-refractivity contribution in [3.63, 3.8) is 0 Å². The fourth-order valence-electron chi connectivity index (χ4n) is 3.45. The molecule has 1 heteroatoms. The Bertz CT molecular complexity index is 414. The molecular weight excluding hydrogens is 272 g/mol. The number of hydrogen-bond donors (Lipinski definition) is 0. The molecule has 3 rings (SSSR count). The summed E-state index contributed by atoms with van der Waals surface area (Å²) in [5, 5.41) is 0. The first kappa shape index (κ1) is 11.8. The van der Waals surface area contributed by atoms with Crippen molar-refractivity contribution in [2.24, 2.45) is 17.8 Å². The third-order valence-electron chi connectivity index (χ3n) is 4.71. The van der Waals surface area contributed by atoms with Crippen LogP contribution in [0.1, 0.15) is 36.0 Å². The highest BCUT2D eigenvalue weighted by atomic mass is 79.9. The molecule has 1 aromatic carbocycles. The average Bonchev–Trinajstić information content (AvgIpc) is 2.91. The van der Waals surface area contributed by atoms with Crippen molar-refractivity contribution < 1.29 is 0 Å². The Labute approximate surface area is 113 Å². The predicted octanol–water partition coefficient (Wildman–Crippen LogP) is 4.66. The van der Waals surface area contributed by atoms with Crippen molar-refractivity contribution >= 4 is 15.9 Å².